The van der Waals surface area contributed by atoms with Gasteiger partial charge in [-0.1, -0.05) is 0 Å². The van der Waals surface area contributed by atoms with Gasteiger partial charge in [0.05, 0.1) is 12.8 Å². The van der Waals surface area contributed by atoms with Crippen molar-refractivity contribution in [3.05, 3.63) is 36.3 Å². The maximum absolute atomic E-state index is 13.0. The molecule has 0 spiro atoms. The molecule has 1 aliphatic rings. The molecule has 0 bridgehead atoms. The Hall–Kier alpha value is -2.12. The molecule has 0 aromatic carbocycles. The van der Waals surface area contributed by atoms with E-state index in [0.29, 0.717) is 5.56 Å². The highest BCUT2D eigenvalue weighted by Gasteiger charge is 2.24. The maximum atomic E-state index is 13.0. The van der Waals surface area contributed by atoms with Crippen LogP contribution in [0.3, 0.4) is 0 Å². The summed E-state index contributed by atoms with van der Waals surface area (Å²) in [6, 6.07) is 3.89. The van der Waals surface area contributed by atoms with E-state index in [1.54, 1.807) is 18.0 Å². The van der Waals surface area contributed by atoms with Crippen molar-refractivity contribution in [2.24, 2.45) is 7.05 Å². The molecule has 1 amide bonds. The Morgan fingerprint density at radius 3 is 2.75 bits per heavy atom. The summed E-state index contributed by atoms with van der Waals surface area (Å²) in [5.41, 5.74) is 0.652. The highest BCUT2D eigenvalue weighted by atomic mass is 16.5. The van der Waals surface area contributed by atoms with Gasteiger partial charge in [-0.25, -0.2) is 0 Å². The summed E-state index contributed by atoms with van der Waals surface area (Å²) in [4.78, 5) is 17.3. The topological polar surface area (TPSA) is 55.5 Å². The first-order valence-electron chi connectivity index (χ1n) is 8.36. The summed E-state index contributed by atoms with van der Waals surface area (Å²) >= 11 is 0. The van der Waals surface area contributed by atoms with Gasteiger partial charge in [-0.15, -0.1) is 0 Å². The van der Waals surface area contributed by atoms with Crippen molar-refractivity contribution < 1.29 is 9.53 Å². The minimum Gasteiger partial charge on any atom is -0.383 e. The number of amides is 1. The van der Waals surface area contributed by atoms with E-state index in [1.807, 2.05) is 41.0 Å². The van der Waals surface area contributed by atoms with E-state index in [-0.39, 0.29) is 5.91 Å². The number of aryl methyl sites for hydroxylation is 1. The van der Waals surface area contributed by atoms with E-state index in [4.69, 9.17) is 4.74 Å². The maximum Gasteiger partial charge on any atom is 0.259 e. The lowest BCUT2D eigenvalue weighted by Gasteiger charge is -2.22. The van der Waals surface area contributed by atoms with Gasteiger partial charge in [0, 0.05) is 52.7 Å². The molecule has 3 rings (SSSR count). The molecule has 0 N–H and O–H groups in total. The highest BCUT2D eigenvalue weighted by molar-refractivity contribution is 5.97. The van der Waals surface area contributed by atoms with Crippen molar-refractivity contribution >= 4 is 5.91 Å². The van der Waals surface area contributed by atoms with Crippen LogP contribution >= 0.6 is 0 Å². The van der Waals surface area contributed by atoms with Gasteiger partial charge in [0.15, 0.2) is 0 Å². The van der Waals surface area contributed by atoms with E-state index in [2.05, 4.69) is 10.00 Å². The van der Waals surface area contributed by atoms with Crippen LogP contribution in [0.25, 0.3) is 5.82 Å². The lowest BCUT2D eigenvalue weighted by atomic mass is 10.2. The van der Waals surface area contributed by atoms with Gasteiger partial charge in [0.25, 0.3) is 5.91 Å². The van der Waals surface area contributed by atoms with E-state index in [1.165, 1.54) is 0 Å². The van der Waals surface area contributed by atoms with Crippen molar-refractivity contribution in [3.8, 4) is 5.82 Å². The Labute approximate surface area is 142 Å². The van der Waals surface area contributed by atoms with E-state index in [0.717, 1.165) is 51.6 Å². The van der Waals surface area contributed by atoms with Gasteiger partial charge in [0.2, 0.25) is 0 Å². The fourth-order valence-electron chi connectivity index (χ4n) is 3.15. The van der Waals surface area contributed by atoms with Gasteiger partial charge in [0.1, 0.15) is 11.4 Å². The predicted octanol–water partition coefficient (Wildman–Crippen LogP) is 1.01. The summed E-state index contributed by atoms with van der Waals surface area (Å²) in [6.45, 7) is 5.05. The number of carbonyl (C=O) groups is 1. The van der Waals surface area contributed by atoms with Gasteiger partial charge in [-0.3, -0.25) is 14.4 Å². The number of hydrogen-bond acceptors (Lipinski definition) is 4. The number of rotatable bonds is 5. The number of nitrogens with zero attached hydrogens (tertiary/aromatic N) is 5. The Balaban J connectivity index is 1.73. The molecule has 3 heterocycles. The molecule has 130 valence electrons. The second kappa shape index (κ2) is 7.63. The van der Waals surface area contributed by atoms with Crippen LogP contribution in [0.4, 0.5) is 0 Å². The Kier molecular flexibility index (Phi) is 5.32. The Morgan fingerprint density at radius 1 is 1.21 bits per heavy atom. The van der Waals surface area contributed by atoms with Crippen molar-refractivity contribution in [1.82, 2.24) is 24.1 Å². The summed E-state index contributed by atoms with van der Waals surface area (Å²) < 4.78 is 8.83. The smallest absolute Gasteiger partial charge is 0.259 e. The first-order chi connectivity index (χ1) is 11.7. The summed E-state index contributed by atoms with van der Waals surface area (Å²) in [5.74, 6) is 0.867. The van der Waals surface area contributed by atoms with Crippen LogP contribution < -0.4 is 0 Å². The van der Waals surface area contributed by atoms with Crippen LogP contribution in [0.2, 0.25) is 0 Å². The minimum absolute atomic E-state index is 0.0559. The van der Waals surface area contributed by atoms with Crippen molar-refractivity contribution in [2.45, 2.75) is 6.42 Å². The Bertz CT molecular complexity index is 665. The average molecular weight is 331 g/mol. The molecule has 0 radical (unpaired) electrons. The fourth-order valence-corrected chi connectivity index (χ4v) is 3.15. The lowest BCUT2D eigenvalue weighted by Crippen LogP contribution is -2.36. The molecule has 1 fully saturated rings. The normalized spacial score (nSPS) is 16.3. The van der Waals surface area contributed by atoms with E-state index in [9.17, 15) is 4.79 Å². The van der Waals surface area contributed by atoms with Crippen LogP contribution in [0, 0.1) is 0 Å². The summed E-state index contributed by atoms with van der Waals surface area (Å²) in [6.07, 6.45) is 6.52. The van der Waals surface area contributed by atoms with Crippen LogP contribution in [-0.2, 0) is 11.8 Å². The molecule has 2 aromatic heterocycles. The van der Waals surface area contributed by atoms with Crippen LogP contribution in [-0.4, -0.2) is 76.5 Å². The molecule has 1 aliphatic heterocycles. The fraction of sp³-hybridized carbons (Fsp3) is 0.529. The van der Waals surface area contributed by atoms with Crippen molar-refractivity contribution in [1.29, 1.82) is 0 Å². The van der Waals surface area contributed by atoms with Gasteiger partial charge in [-0.2, -0.15) is 5.10 Å². The minimum atomic E-state index is 0.0559. The zero-order valence-corrected chi connectivity index (χ0v) is 14.4. The summed E-state index contributed by atoms with van der Waals surface area (Å²) in [7, 11) is 3.58. The van der Waals surface area contributed by atoms with Gasteiger partial charge < -0.3 is 14.2 Å². The molecule has 7 heteroatoms. The second-order valence-electron chi connectivity index (χ2n) is 6.08. The van der Waals surface area contributed by atoms with Crippen LogP contribution in [0.5, 0.6) is 0 Å². The van der Waals surface area contributed by atoms with Crippen molar-refractivity contribution in [3.63, 3.8) is 0 Å². The SMILES string of the molecule is COCCN1CCCN(C(=O)c2cnn(C)c2-n2cccc2)CC1. The molecular weight excluding hydrogens is 306 g/mol. The summed E-state index contributed by atoms with van der Waals surface area (Å²) in [5, 5.41) is 4.29. The highest BCUT2D eigenvalue weighted by Crippen LogP contribution is 2.17. The molecule has 0 unspecified atom stereocenters. The van der Waals surface area contributed by atoms with E-state index >= 15 is 0 Å². The molecule has 0 atom stereocenters. The third-order valence-corrected chi connectivity index (χ3v) is 4.47. The molecular formula is C17H25N5O2. The monoisotopic (exact) mass is 331 g/mol. The quantitative estimate of drug-likeness (QED) is 0.820. The molecule has 2 aromatic rings. The number of aromatic nitrogens is 3. The molecule has 7 nitrogen and oxygen atoms in total. The van der Waals surface area contributed by atoms with Gasteiger partial charge >= 0.3 is 0 Å². The number of carbonyl (C=O) groups excluding carboxylic acids is 1. The second-order valence-corrected chi connectivity index (χ2v) is 6.08. The lowest BCUT2D eigenvalue weighted by molar-refractivity contribution is 0.0759. The largest absolute Gasteiger partial charge is 0.383 e. The van der Waals surface area contributed by atoms with Crippen LogP contribution in [0.15, 0.2) is 30.7 Å². The first-order valence-corrected chi connectivity index (χ1v) is 8.36. The average Bonchev–Trinajstić information content (AvgIpc) is 3.16. The van der Waals surface area contributed by atoms with E-state index < -0.39 is 0 Å². The third-order valence-electron chi connectivity index (χ3n) is 4.47. The Morgan fingerprint density at radius 2 is 2.00 bits per heavy atom. The predicted molar refractivity (Wildman–Crippen MR) is 91.4 cm³/mol. The first kappa shape index (κ1) is 16.7. The number of ether oxygens (including phenoxy) is 1. The molecule has 0 saturated carbocycles. The third kappa shape index (κ3) is 3.52. The zero-order chi connectivity index (χ0) is 16.9. The molecule has 24 heavy (non-hydrogen) atoms. The van der Waals surface area contributed by atoms with Crippen LogP contribution in [0.1, 0.15) is 16.8 Å². The molecule has 0 aliphatic carbocycles. The van der Waals surface area contributed by atoms with Gasteiger partial charge in [-0.05, 0) is 25.1 Å². The molecule has 1 saturated heterocycles. The number of hydrogen-bond donors (Lipinski definition) is 0. The number of methoxy groups -OCH3 is 1. The zero-order valence-electron chi connectivity index (χ0n) is 14.4. The standard InChI is InChI=1S/C17H25N5O2/c1-19-16(21-7-3-4-8-21)15(14-18-19)17(23)22-9-5-6-20(10-11-22)12-13-24-2/h3-4,7-8,14H,5-6,9-13H2,1-2H3. The van der Waals surface area contributed by atoms with Crippen molar-refractivity contribution in [2.75, 3.05) is 46.4 Å².